The van der Waals surface area contributed by atoms with Gasteiger partial charge in [0.15, 0.2) is 0 Å². The van der Waals surface area contributed by atoms with Gasteiger partial charge in [-0.1, -0.05) is 23.2 Å². The van der Waals surface area contributed by atoms with Crippen LogP contribution in [-0.2, 0) is 10.0 Å². The summed E-state index contributed by atoms with van der Waals surface area (Å²) in [7, 11) is -3.66. The van der Waals surface area contributed by atoms with E-state index in [1.807, 2.05) is 0 Å². The summed E-state index contributed by atoms with van der Waals surface area (Å²) in [6, 6.07) is 4.21. The molecule has 2 N–H and O–H groups in total. The molecule has 1 aromatic carbocycles. The Hall–Kier alpha value is -0.330. The van der Waals surface area contributed by atoms with Crippen LogP contribution in [0.3, 0.4) is 0 Å². The molecule has 0 bridgehead atoms. The Morgan fingerprint density at radius 1 is 1.31 bits per heavy atom. The second-order valence-corrected chi connectivity index (χ2v) is 5.63. The zero-order valence-electron chi connectivity index (χ0n) is 8.28. The van der Waals surface area contributed by atoms with E-state index in [2.05, 4.69) is 4.72 Å². The van der Waals surface area contributed by atoms with Gasteiger partial charge in [-0.2, -0.15) is 0 Å². The molecule has 90 valence electrons. The molecule has 0 aliphatic rings. The molecule has 0 saturated carbocycles. The van der Waals surface area contributed by atoms with Crippen LogP contribution in [0.5, 0.6) is 0 Å². The van der Waals surface area contributed by atoms with Gasteiger partial charge in [0.2, 0.25) is 10.0 Å². The Labute approximate surface area is 104 Å². The van der Waals surface area contributed by atoms with Crippen LogP contribution in [-0.4, -0.2) is 26.7 Å². The van der Waals surface area contributed by atoms with E-state index in [1.54, 1.807) is 0 Å². The molecule has 0 radical (unpaired) electrons. The molecule has 16 heavy (non-hydrogen) atoms. The van der Waals surface area contributed by atoms with E-state index in [0.29, 0.717) is 11.4 Å². The second-order valence-electron chi connectivity index (χ2n) is 3.05. The first-order valence-corrected chi connectivity index (χ1v) is 6.77. The number of hydrogen-bond acceptors (Lipinski definition) is 3. The molecular weight excluding hydrogens is 273 g/mol. The normalized spacial score (nSPS) is 11.7. The Morgan fingerprint density at radius 3 is 2.62 bits per heavy atom. The molecule has 0 aliphatic carbocycles. The average molecular weight is 284 g/mol. The van der Waals surface area contributed by atoms with Crippen LogP contribution in [0.15, 0.2) is 23.1 Å². The fraction of sp³-hybridized carbons (Fsp3) is 0.333. The van der Waals surface area contributed by atoms with Gasteiger partial charge < -0.3 is 5.11 Å². The van der Waals surface area contributed by atoms with Crippen LogP contribution >= 0.6 is 23.2 Å². The summed E-state index contributed by atoms with van der Waals surface area (Å²) >= 11 is 11.5. The highest BCUT2D eigenvalue weighted by atomic mass is 35.5. The van der Waals surface area contributed by atoms with E-state index in [-0.39, 0.29) is 23.1 Å². The molecule has 0 fully saturated rings. The first kappa shape index (κ1) is 13.7. The number of benzene rings is 1. The van der Waals surface area contributed by atoms with Gasteiger partial charge in [-0.05, 0) is 24.6 Å². The summed E-state index contributed by atoms with van der Waals surface area (Å²) in [5, 5.41) is 8.96. The van der Waals surface area contributed by atoms with Crippen molar-refractivity contribution < 1.29 is 13.5 Å². The average Bonchev–Trinajstić information content (AvgIpc) is 2.22. The summed E-state index contributed by atoms with van der Waals surface area (Å²) in [5.41, 5.74) is 0. The lowest BCUT2D eigenvalue weighted by Crippen LogP contribution is -2.25. The Kier molecular flexibility index (Phi) is 5.01. The molecule has 0 atom stereocenters. The lowest BCUT2D eigenvalue weighted by molar-refractivity contribution is 0.289. The van der Waals surface area contributed by atoms with E-state index in [9.17, 15) is 8.42 Å². The maximum atomic E-state index is 11.7. The first-order valence-electron chi connectivity index (χ1n) is 4.53. The van der Waals surface area contributed by atoms with Crippen molar-refractivity contribution >= 4 is 33.2 Å². The number of aliphatic hydroxyl groups excluding tert-OH is 1. The third-order valence-electron chi connectivity index (χ3n) is 1.81. The van der Waals surface area contributed by atoms with Crippen LogP contribution in [0, 0.1) is 0 Å². The SMILES string of the molecule is O=S(=O)(NCCCO)c1cc(Cl)ccc1Cl. The predicted octanol–water partition coefficient (Wildman–Crippen LogP) is 1.65. The zero-order valence-corrected chi connectivity index (χ0v) is 10.6. The number of rotatable bonds is 5. The van der Waals surface area contributed by atoms with Gasteiger partial charge in [-0.3, -0.25) is 0 Å². The topological polar surface area (TPSA) is 66.4 Å². The van der Waals surface area contributed by atoms with Crippen molar-refractivity contribution in [2.45, 2.75) is 11.3 Å². The van der Waals surface area contributed by atoms with Crippen molar-refractivity contribution in [3.05, 3.63) is 28.2 Å². The maximum Gasteiger partial charge on any atom is 0.242 e. The Morgan fingerprint density at radius 2 is 2.00 bits per heavy atom. The van der Waals surface area contributed by atoms with Crippen molar-refractivity contribution in [3.8, 4) is 0 Å². The van der Waals surface area contributed by atoms with Crippen LogP contribution in [0.4, 0.5) is 0 Å². The molecule has 1 rings (SSSR count). The van der Waals surface area contributed by atoms with E-state index >= 15 is 0 Å². The largest absolute Gasteiger partial charge is 0.396 e. The molecule has 7 heteroatoms. The highest BCUT2D eigenvalue weighted by Crippen LogP contribution is 2.24. The van der Waals surface area contributed by atoms with Crippen molar-refractivity contribution in [2.24, 2.45) is 0 Å². The standard InChI is InChI=1S/C9H11Cl2NO3S/c10-7-2-3-8(11)9(6-7)16(14,15)12-4-1-5-13/h2-3,6,12-13H,1,4-5H2. The molecule has 0 unspecified atom stereocenters. The Balaban J connectivity index is 2.93. The number of sulfonamides is 1. The van der Waals surface area contributed by atoms with Gasteiger partial charge >= 0.3 is 0 Å². The van der Waals surface area contributed by atoms with E-state index in [0.717, 1.165) is 0 Å². The second kappa shape index (κ2) is 5.84. The molecule has 0 aliphatic heterocycles. The quantitative estimate of drug-likeness (QED) is 0.808. The monoisotopic (exact) mass is 283 g/mol. The highest BCUT2D eigenvalue weighted by Gasteiger charge is 2.17. The molecule has 0 aromatic heterocycles. The van der Waals surface area contributed by atoms with Crippen LogP contribution < -0.4 is 4.72 Å². The summed E-state index contributed by atoms with van der Waals surface area (Å²) < 4.78 is 25.8. The minimum Gasteiger partial charge on any atom is -0.396 e. The van der Waals surface area contributed by atoms with Crippen LogP contribution in [0.25, 0.3) is 0 Å². The number of nitrogens with one attached hydrogen (secondary N) is 1. The van der Waals surface area contributed by atoms with Gasteiger partial charge in [-0.25, -0.2) is 13.1 Å². The minimum atomic E-state index is -3.66. The van der Waals surface area contributed by atoms with Gasteiger partial charge in [0.05, 0.1) is 5.02 Å². The minimum absolute atomic E-state index is 0.0559. The summed E-state index contributed by atoms with van der Waals surface area (Å²) in [6.45, 7) is 0.0769. The highest BCUT2D eigenvalue weighted by molar-refractivity contribution is 7.89. The van der Waals surface area contributed by atoms with Crippen molar-refractivity contribution in [1.29, 1.82) is 0 Å². The molecular formula is C9H11Cl2NO3S. The number of aliphatic hydroxyl groups is 1. The Bertz CT molecular complexity index is 462. The fourth-order valence-corrected chi connectivity index (χ4v) is 2.88. The molecule has 4 nitrogen and oxygen atoms in total. The van der Waals surface area contributed by atoms with Crippen molar-refractivity contribution in [1.82, 2.24) is 4.72 Å². The van der Waals surface area contributed by atoms with Crippen molar-refractivity contribution in [2.75, 3.05) is 13.2 Å². The van der Waals surface area contributed by atoms with Gasteiger partial charge in [0, 0.05) is 18.2 Å². The van der Waals surface area contributed by atoms with Crippen molar-refractivity contribution in [3.63, 3.8) is 0 Å². The molecule has 0 heterocycles. The van der Waals surface area contributed by atoms with E-state index in [1.165, 1.54) is 18.2 Å². The van der Waals surface area contributed by atoms with Gasteiger partial charge in [0.1, 0.15) is 4.90 Å². The molecule has 0 amide bonds. The molecule has 0 saturated heterocycles. The zero-order chi connectivity index (χ0) is 12.2. The molecule has 1 aromatic rings. The number of hydrogen-bond donors (Lipinski definition) is 2. The lowest BCUT2D eigenvalue weighted by atomic mass is 10.4. The summed E-state index contributed by atoms with van der Waals surface area (Å²) in [4.78, 5) is -0.0559. The third-order valence-corrected chi connectivity index (χ3v) is 3.99. The van der Waals surface area contributed by atoms with E-state index in [4.69, 9.17) is 28.3 Å². The predicted molar refractivity (Wildman–Crippen MR) is 63.4 cm³/mol. The lowest BCUT2D eigenvalue weighted by Gasteiger charge is -2.07. The number of halogens is 2. The van der Waals surface area contributed by atoms with Crippen LogP contribution in [0.2, 0.25) is 10.0 Å². The molecule has 0 spiro atoms. The summed E-state index contributed by atoms with van der Waals surface area (Å²) in [5.74, 6) is 0. The summed E-state index contributed by atoms with van der Waals surface area (Å²) in [6.07, 6.45) is 0.345. The van der Waals surface area contributed by atoms with Gasteiger partial charge in [-0.15, -0.1) is 0 Å². The smallest absolute Gasteiger partial charge is 0.242 e. The van der Waals surface area contributed by atoms with Gasteiger partial charge in [0.25, 0.3) is 0 Å². The van der Waals surface area contributed by atoms with Crippen LogP contribution in [0.1, 0.15) is 6.42 Å². The maximum absolute atomic E-state index is 11.7. The third kappa shape index (κ3) is 3.61. The fourth-order valence-electron chi connectivity index (χ4n) is 1.05. The van der Waals surface area contributed by atoms with E-state index < -0.39 is 10.0 Å². The first-order chi connectivity index (χ1) is 7.47.